The van der Waals surface area contributed by atoms with E-state index in [9.17, 15) is 13.5 Å². The number of aliphatic hydroxyl groups excluding tert-OH is 1. The molecule has 0 aromatic heterocycles. The van der Waals surface area contributed by atoms with Crippen LogP contribution in [0.25, 0.3) is 0 Å². The van der Waals surface area contributed by atoms with E-state index < -0.39 is 15.9 Å². The van der Waals surface area contributed by atoms with Crippen LogP contribution in [-0.4, -0.2) is 38.0 Å². The van der Waals surface area contributed by atoms with Crippen molar-refractivity contribution >= 4 is 9.84 Å². The third kappa shape index (κ3) is 3.06. The highest BCUT2D eigenvalue weighted by molar-refractivity contribution is 7.91. The standard InChI is InChI=1S/C12H17NO3S/c14-12-7-4-8-13-11(12)9-17(15,16)10-5-2-1-3-6-10/h1-3,5-6,11-14H,4,7-9H2/t11-,12-/m1/s1. The predicted molar refractivity (Wildman–Crippen MR) is 65.5 cm³/mol. The Bertz CT molecular complexity index is 458. The van der Waals surface area contributed by atoms with Crippen LogP contribution in [0.5, 0.6) is 0 Å². The maximum Gasteiger partial charge on any atom is 0.180 e. The summed E-state index contributed by atoms with van der Waals surface area (Å²) in [6, 6.07) is 8.02. The molecule has 1 aromatic rings. The number of aliphatic hydroxyl groups is 1. The third-order valence-electron chi connectivity index (χ3n) is 3.05. The van der Waals surface area contributed by atoms with Gasteiger partial charge in [-0.05, 0) is 31.5 Å². The lowest BCUT2D eigenvalue weighted by atomic mass is 10.0. The molecule has 0 aliphatic carbocycles. The average Bonchev–Trinajstić information content (AvgIpc) is 2.33. The number of piperidine rings is 1. The van der Waals surface area contributed by atoms with Gasteiger partial charge in [-0.1, -0.05) is 18.2 Å². The van der Waals surface area contributed by atoms with Gasteiger partial charge in [0.05, 0.1) is 16.8 Å². The molecule has 0 bridgehead atoms. The average molecular weight is 255 g/mol. The zero-order valence-electron chi connectivity index (χ0n) is 9.54. The summed E-state index contributed by atoms with van der Waals surface area (Å²) in [4.78, 5) is 0.319. The number of hydrogen-bond donors (Lipinski definition) is 2. The highest BCUT2D eigenvalue weighted by atomic mass is 32.2. The Kier molecular flexibility index (Phi) is 3.81. The molecule has 2 N–H and O–H groups in total. The zero-order chi connectivity index (χ0) is 12.3. The van der Waals surface area contributed by atoms with E-state index in [1.54, 1.807) is 30.3 Å². The molecular formula is C12H17NO3S. The van der Waals surface area contributed by atoms with Gasteiger partial charge < -0.3 is 10.4 Å². The van der Waals surface area contributed by atoms with Crippen molar-refractivity contribution in [3.63, 3.8) is 0 Å². The van der Waals surface area contributed by atoms with E-state index in [0.717, 1.165) is 13.0 Å². The lowest BCUT2D eigenvalue weighted by Crippen LogP contribution is -2.48. The summed E-state index contributed by atoms with van der Waals surface area (Å²) in [6.07, 6.45) is 0.993. The number of benzene rings is 1. The predicted octanol–water partition coefficient (Wildman–Crippen LogP) is 0.573. The fourth-order valence-electron chi connectivity index (χ4n) is 2.07. The van der Waals surface area contributed by atoms with Crippen molar-refractivity contribution in [2.75, 3.05) is 12.3 Å². The molecule has 1 aromatic carbocycles. The maximum absolute atomic E-state index is 12.1. The number of hydrogen-bond acceptors (Lipinski definition) is 4. The van der Waals surface area contributed by atoms with Gasteiger partial charge >= 0.3 is 0 Å². The van der Waals surface area contributed by atoms with Gasteiger partial charge in [0, 0.05) is 6.04 Å². The molecule has 4 nitrogen and oxygen atoms in total. The van der Waals surface area contributed by atoms with E-state index in [-0.39, 0.29) is 11.8 Å². The molecular weight excluding hydrogens is 238 g/mol. The second-order valence-corrected chi connectivity index (χ2v) is 6.40. The topological polar surface area (TPSA) is 66.4 Å². The Balaban J connectivity index is 2.12. The first-order valence-electron chi connectivity index (χ1n) is 5.79. The van der Waals surface area contributed by atoms with E-state index in [2.05, 4.69) is 5.32 Å². The van der Waals surface area contributed by atoms with Gasteiger partial charge in [-0.3, -0.25) is 0 Å². The summed E-state index contributed by atoms with van der Waals surface area (Å²) in [6.45, 7) is 0.770. The molecule has 0 spiro atoms. The quantitative estimate of drug-likeness (QED) is 0.829. The lowest BCUT2D eigenvalue weighted by molar-refractivity contribution is 0.105. The molecule has 94 valence electrons. The fraction of sp³-hybridized carbons (Fsp3) is 0.500. The molecule has 1 aliphatic heterocycles. The van der Waals surface area contributed by atoms with Crippen LogP contribution in [-0.2, 0) is 9.84 Å². The van der Waals surface area contributed by atoms with Crippen molar-refractivity contribution in [3.05, 3.63) is 30.3 Å². The molecule has 1 fully saturated rings. The minimum atomic E-state index is -3.32. The van der Waals surface area contributed by atoms with Gasteiger partial charge in [-0.15, -0.1) is 0 Å². The van der Waals surface area contributed by atoms with E-state index in [4.69, 9.17) is 0 Å². The Morgan fingerprint density at radius 2 is 2.00 bits per heavy atom. The summed E-state index contributed by atoms with van der Waals surface area (Å²) in [5, 5.41) is 12.8. The Morgan fingerprint density at radius 1 is 1.29 bits per heavy atom. The summed E-state index contributed by atoms with van der Waals surface area (Å²) in [5.41, 5.74) is 0. The van der Waals surface area contributed by atoms with E-state index in [0.29, 0.717) is 11.3 Å². The summed E-state index contributed by atoms with van der Waals surface area (Å²) >= 11 is 0. The van der Waals surface area contributed by atoms with Crippen molar-refractivity contribution in [2.45, 2.75) is 29.9 Å². The molecule has 17 heavy (non-hydrogen) atoms. The third-order valence-corrected chi connectivity index (χ3v) is 4.84. The second kappa shape index (κ2) is 5.16. The minimum Gasteiger partial charge on any atom is -0.391 e. The van der Waals surface area contributed by atoms with Crippen LogP contribution in [0, 0.1) is 0 Å². The molecule has 2 atom stereocenters. The summed E-state index contributed by atoms with van der Waals surface area (Å²) in [7, 11) is -3.32. The van der Waals surface area contributed by atoms with Crippen LogP contribution in [0.4, 0.5) is 0 Å². The zero-order valence-corrected chi connectivity index (χ0v) is 10.4. The molecule has 0 amide bonds. The molecule has 5 heteroatoms. The molecule has 0 unspecified atom stereocenters. The summed E-state index contributed by atoms with van der Waals surface area (Å²) in [5.74, 6) is -0.0435. The van der Waals surface area contributed by atoms with Crippen LogP contribution in [0.3, 0.4) is 0 Å². The van der Waals surface area contributed by atoms with Gasteiger partial charge in [0.1, 0.15) is 0 Å². The van der Waals surface area contributed by atoms with Gasteiger partial charge in [0.2, 0.25) is 0 Å². The van der Waals surface area contributed by atoms with Crippen LogP contribution >= 0.6 is 0 Å². The normalized spacial score (nSPS) is 25.7. The van der Waals surface area contributed by atoms with Gasteiger partial charge in [0.15, 0.2) is 9.84 Å². The fourth-order valence-corrected chi connectivity index (χ4v) is 3.64. The Labute approximate surface area is 102 Å². The second-order valence-electron chi connectivity index (χ2n) is 4.36. The highest BCUT2D eigenvalue weighted by Gasteiger charge is 2.28. The molecule has 1 heterocycles. The molecule has 2 rings (SSSR count). The molecule has 0 saturated carbocycles. The van der Waals surface area contributed by atoms with E-state index in [1.165, 1.54) is 0 Å². The van der Waals surface area contributed by atoms with Crippen molar-refractivity contribution in [3.8, 4) is 0 Å². The largest absolute Gasteiger partial charge is 0.391 e. The van der Waals surface area contributed by atoms with E-state index >= 15 is 0 Å². The van der Waals surface area contributed by atoms with Crippen molar-refractivity contribution < 1.29 is 13.5 Å². The van der Waals surface area contributed by atoms with Gasteiger partial charge in [0.25, 0.3) is 0 Å². The maximum atomic E-state index is 12.1. The van der Waals surface area contributed by atoms with Gasteiger partial charge in [-0.2, -0.15) is 0 Å². The Morgan fingerprint density at radius 3 is 2.65 bits per heavy atom. The minimum absolute atomic E-state index is 0.0435. The lowest BCUT2D eigenvalue weighted by Gasteiger charge is -2.28. The highest BCUT2D eigenvalue weighted by Crippen LogP contribution is 2.16. The first kappa shape index (κ1) is 12.5. The van der Waals surface area contributed by atoms with Crippen molar-refractivity contribution in [2.24, 2.45) is 0 Å². The number of nitrogens with one attached hydrogen (secondary N) is 1. The van der Waals surface area contributed by atoms with E-state index in [1.807, 2.05) is 0 Å². The van der Waals surface area contributed by atoms with Crippen molar-refractivity contribution in [1.29, 1.82) is 0 Å². The monoisotopic (exact) mass is 255 g/mol. The SMILES string of the molecule is O=S(=O)(C[C@H]1NCCC[C@H]1O)c1ccccc1. The Hall–Kier alpha value is -0.910. The summed E-state index contributed by atoms with van der Waals surface area (Å²) < 4.78 is 24.2. The van der Waals surface area contributed by atoms with Gasteiger partial charge in [-0.25, -0.2) is 8.42 Å². The molecule has 0 radical (unpaired) electrons. The van der Waals surface area contributed by atoms with Crippen molar-refractivity contribution in [1.82, 2.24) is 5.32 Å². The van der Waals surface area contributed by atoms with Crippen LogP contribution < -0.4 is 5.32 Å². The molecule has 1 saturated heterocycles. The first-order valence-corrected chi connectivity index (χ1v) is 7.44. The van der Waals surface area contributed by atoms with Crippen LogP contribution in [0.15, 0.2) is 35.2 Å². The number of rotatable bonds is 3. The number of sulfone groups is 1. The molecule has 1 aliphatic rings. The van der Waals surface area contributed by atoms with Crippen LogP contribution in [0.2, 0.25) is 0 Å². The van der Waals surface area contributed by atoms with Crippen LogP contribution in [0.1, 0.15) is 12.8 Å². The first-order chi connectivity index (χ1) is 8.09. The smallest absolute Gasteiger partial charge is 0.180 e.